The standard InChI is InChI=1S/C12H20N2O2S/c1-9-14-10(8-17-9)5-6-13-11(15)7-16-12(2,3)4/h8H,5-7H2,1-4H3,(H,13,15). The molecule has 0 aliphatic carbocycles. The van der Waals surface area contributed by atoms with E-state index in [0.29, 0.717) is 6.54 Å². The maximum atomic E-state index is 11.4. The molecule has 0 bridgehead atoms. The fourth-order valence-corrected chi connectivity index (χ4v) is 1.83. The Bertz CT molecular complexity index is 369. The highest BCUT2D eigenvalue weighted by atomic mass is 32.1. The van der Waals surface area contributed by atoms with Crippen molar-refractivity contribution in [2.75, 3.05) is 13.2 Å². The largest absolute Gasteiger partial charge is 0.366 e. The summed E-state index contributed by atoms with van der Waals surface area (Å²) in [6, 6.07) is 0. The van der Waals surface area contributed by atoms with Crippen LogP contribution < -0.4 is 5.32 Å². The second-order valence-corrected chi connectivity index (χ2v) is 5.92. The number of carbonyl (C=O) groups excluding carboxylic acids is 1. The smallest absolute Gasteiger partial charge is 0.246 e. The van der Waals surface area contributed by atoms with Gasteiger partial charge in [0.05, 0.1) is 16.3 Å². The van der Waals surface area contributed by atoms with Crippen molar-refractivity contribution in [1.29, 1.82) is 0 Å². The Hall–Kier alpha value is -0.940. The Balaban J connectivity index is 2.16. The summed E-state index contributed by atoms with van der Waals surface area (Å²) >= 11 is 1.63. The molecule has 1 aromatic rings. The summed E-state index contributed by atoms with van der Waals surface area (Å²) < 4.78 is 5.37. The average Bonchev–Trinajstić information content (AvgIpc) is 2.60. The van der Waals surface area contributed by atoms with Gasteiger partial charge < -0.3 is 10.1 Å². The predicted molar refractivity (Wildman–Crippen MR) is 69.3 cm³/mol. The minimum Gasteiger partial charge on any atom is -0.366 e. The highest BCUT2D eigenvalue weighted by Gasteiger charge is 2.12. The van der Waals surface area contributed by atoms with Gasteiger partial charge >= 0.3 is 0 Å². The topological polar surface area (TPSA) is 51.2 Å². The van der Waals surface area contributed by atoms with Crippen LogP contribution in [0.3, 0.4) is 0 Å². The van der Waals surface area contributed by atoms with Gasteiger partial charge in [-0.1, -0.05) is 0 Å². The van der Waals surface area contributed by atoms with Crippen molar-refractivity contribution in [1.82, 2.24) is 10.3 Å². The van der Waals surface area contributed by atoms with Crippen LogP contribution in [0.1, 0.15) is 31.5 Å². The predicted octanol–water partition coefficient (Wildman–Crippen LogP) is 1.93. The number of hydrogen-bond donors (Lipinski definition) is 1. The first-order valence-corrected chi connectivity index (χ1v) is 6.56. The van der Waals surface area contributed by atoms with Crippen LogP contribution in [0.4, 0.5) is 0 Å². The average molecular weight is 256 g/mol. The fourth-order valence-electron chi connectivity index (χ4n) is 1.19. The van der Waals surface area contributed by atoms with Crippen molar-refractivity contribution >= 4 is 17.2 Å². The Morgan fingerprint density at radius 1 is 1.53 bits per heavy atom. The summed E-state index contributed by atoms with van der Waals surface area (Å²) in [7, 11) is 0. The molecule has 1 aromatic heterocycles. The van der Waals surface area contributed by atoms with E-state index in [1.54, 1.807) is 11.3 Å². The van der Waals surface area contributed by atoms with Gasteiger partial charge in [0.25, 0.3) is 0 Å². The lowest BCUT2D eigenvalue weighted by Crippen LogP contribution is -2.33. The summed E-state index contributed by atoms with van der Waals surface area (Å²) in [5, 5.41) is 5.89. The van der Waals surface area contributed by atoms with Gasteiger partial charge in [-0.15, -0.1) is 11.3 Å². The summed E-state index contributed by atoms with van der Waals surface area (Å²) in [4.78, 5) is 15.8. The molecule has 0 aliphatic heterocycles. The molecule has 0 saturated heterocycles. The van der Waals surface area contributed by atoms with E-state index in [1.165, 1.54) is 0 Å². The van der Waals surface area contributed by atoms with E-state index >= 15 is 0 Å². The zero-order valence-electron chi connectivity index (χ0n) is 10.9. The van der Waals surface area contributed by atoms with E-state index < -0.39 is 0 Å². The molecule has 0 spiro atoms. The lowest BCUT2D eigenvalue weighted by Gasteiger charge is -2.18. The van der Waals surface area contributed by atoms with Crippen molar-refractivity contribution in [3.63, 3.8) is 0 Å². The molecule has 0 unspecified atom stereocenters. The van der Waals surface area contributed by atoms with E-state index in [9.17, 15) is 4.79 Å². The molecule has 1 N–H and O–H groups in total. The number of aryl methyl sites for hydroxylation is 1. The van der Waals surface area contributed by atoms with Crippen LogP contribution in [-0.4, -0.2) is 29.6 Å². The number of amides is 1. The van der Waals surface area contributed by atoms with Gasteiger partial charge in [0.2, 0.25) is 5.91 Å². The first kappa shape index (κ1) is 14.1. The summed E-state index contributed by atoms with van der Waals surface area (Å²) in [6.07, 6.45) is 0.769. The molecule has 0 saturated carbocycles. The van der Waals surface area contributed by atoms with Gasteiger partial charge in [0, 0.05) is 18.3 Å². The van der Waals surface area contributed by atoms with Gasteiger partial charge in [-0.3, -0.25) is 4.79 Å². The highest BCUT2D eigenvalue weighted by molar-refractivity contribution is 7.09. The number of nitrogens with zero attached hydrogens (tertiary/aromatic N) is 1. The number of nitrogens with one attached hydrogen (secondary N) is 1. The van der Waals surface area contributed by atoms with Gasteiger partial charge in [0.15, 0.2) is 0 Å². The van der Waals surface area contributed by atoms with Gasteiger partial charge in [-0.05, 0) is 27.7 Å². The molecule has 0 fully saturated rings. The van der Waals surface area contributed by atoms with E-state index in [-0.39, 0.29) is 18.1 Å². The second kappa shape index (κ2) is 6.12. The molecule has 1 rings (SSSR count). The molecule has 5 heteroatoms. The van der Waals surface area contributed by atoms with Crippen molar-refractivity contribution in [2.24, 2.45) is 0 Å². The first-order chi connectivity index (χ1) is 7.87. The molecule has 0 aliphatic rings. The number of rotatable bonds is 5. The van der Waals surface area contributed by atoms with E-state index in [1.807, 2.05) is 33.1 Å². The van der Waals surface area contributed by atoms with Gasteiger partial charge in [-0.25, -0.2) is 4.98 Å². The first-order valence-electron chi connectivity index (χ1n) is 5.68. The van der Waals surface area contributed by atoms with Crippen LogP contribution in [0.25, 0.3) is 0 Å². The molecule has 1 amide bonds. The molecule has 0 radical (unpaired) electrons. The third-order valence-corrected chi connectivity index (χ3v) is 2.83. The number of carbonyl (C=O) groups is 1. The van der Waals surface area contributed by atoms with Gasteiger partial charge in [-0.2, -0.15) is 0 Å². The number of thiazole rings is 1. The Kier molecular flexibility index (Phi) is 5.08. The third-order valence-electron chi connectivity index (χ3n) is 2.01. The Morgan fingerprint density at radius 2 is 2.24 bits per heavy atom. The van der Waals surface area contributed by atoms with E-state index in [4.69, 9.17) is 4.74 Å². The number of aromatic nitrogens is 1. The molecule has 96 valence electrons. The monoisotopic (exact) mass is 256 g/mol. The van der Waals surface area contributed by atoms with E-state index in [2.05, 4.69) is 10.3 Å². The van der Waals surface area contributed by atoms with Crippen LogP contribution in [0, 0.1) is 6.92 Å². The second-order valence-electron chi connectivity index (χ2n) is 4.86. The zero-order chi connectivity index (χ0) is 12.9. The van der Waals surface area contributed by atoms with Crippen LogP contribution in [-0.2, 0) is 16.0 Å². The molecular weight excluding hydrogens is 236 g/mol. The quantitative estimate of drug-likeness (QED) is 0.875. The normalized spacial score (nSPS) is 11.5. The van der Waals surface area contributed by atoms with Crippen molar-refractivity contribution < 1.29 is 9.53 Å². The molecule has 4 nitrogen and oxygen atoms in total. The summed E-state index contributed by atoms with van der Waals surface area (Å²) in [6.45, 7) is 8.48. The Labute approximate surface area is 106 Å². The molecule has 0 atom stereocenters. The van der Waals surface area contributed by atoms with Crippen LogP contribution >= 0.6 is 11.3 Å². The van der Waals surface area contributed by atoms with Crippen LogP contribution in [0.5, 0.6) is 0 Å². The van der Waals surface area contributed by atoms with Crippen LogP contribution in [0.15, 0.2) is 5.38 Å². The van der Waals surface area contributed by atoms with Crippen molar-refractivity contribution in [3.05, 3.63) is 16.1 Å². The molecular formula is C12H20N2O2S. The summed E-state index contributed by atoms with van der Waals surface area (Å²) in [5.41, 5.74) is 0.758. The minimum absolute atomic E-state index is 0.0770. The lowest BCUT2D eigenvalue weighted by molar-refractivity contribution is -0.130. The number of hydrogen-bond acceptors (Lipinski definition) is 4. The van der Waals surface area contributed by atoms with Crippen molar-refractivity contribution in [2.45, 2.75) is 39.7 Å². The zero-order valence-corrected chi connectivity index (χ0v) is 11.7. The molecule has 1 heterocycles. The minimum atomic E-state index is -0.274. The molecule has 0 aromatic carbocycles. The number of ether oxygens (including phenoxy) is 1. The van der Waals surface area contributed by atoms with Crippen LogP contribution in [0.2, 0.25) is 0 Å². The Morgan fingerprint density at radius 3 is 2.76 bits per heavy atom. The highest BCUT2D eigenvalue weighted by Crippen LogP contribution is 2.08. The lowest BCUT2D eigenvalue weighted by atomic mass is 10.2. The fraction of sp³-hybridized carbons (Fsp3) is 0.667. The van der Waals surface area contributed by atoms with E-state index in [0.717, 1.165) is 17.1 Å². The molecule has 17 heavy (non-hydrogen) atoms. The maximum Gasteiger partial charge on any atom is 0.246 e. The van der Waals surface area contributed by atoms with Crippen molar-refractivity contribution in [3.8, 4) is 0 Å². The SMILES string of the molecule is Cc1nc(CCNC(=O)COC(C)(C)C)cs1. The van der Waals surface area contributed by atoms with Gasteiger partial charge in [0.1, 0.15) is 6.61 Å². The summed E-state index contributed by atoms with van der Waals surface area (Å²) in [5.74, 6) is -0.0770. The maximum absolute atomic E-state index is 11.4. The third kappa shape index (κ3) is 6.38.